The van der Waals surface area contributed by atoms with Crippen molar-refractivity contribution in [3.05, 3.63) is 42.0 Å². The summed E-state index contributed by atoms with van der Waals surface area (Å²) in [6, 6.07) is 4.82. The van der Waals surface area contributed by atoms with Gasteiger partial charge in [0.2, 0.25) is 5.95 Å². The molecule has 0 saturated carbocycles. The Kier molecular flexibility index (Phi) is 8.67. The number of nitrogens with zero attached hydrogens (tertiary/aromatic N) is 2. The smallest absolute Gasteiger partial charge is 0.313 e. The lowest BCUT2D eigenvalue weighted by atomic mass is 10.0. The molecule has 1 saturated heterocycles. The van der Waals surface area contributed by atoms with E-state index in [2.05, 4.69) is 15.3 Å². The Bertz CT molecular complexity index is 854. The van der Waals surface area contributed by atoms with Crippen molar-refractivity contribution in [2.24, 2.45) is 11.7 Å². The van der Waals surface area contributed by atoms with Crippen LogP contribution in [-0.2, 0) is 20.9 Å². The minimum atomic E-state index is -0.675. The van der Waals surface area contributed by atoms with E-state index in [1.165, 1.54) is 6.07 Å². The highest BCUT2D eigenvalue weighted by atomic mass is 19.1. The number of esters is 1. The van der Waals surface area contributed by atoms with Crippen LogP contribution in [0.25, 0.3) is 11.1 Å². The van der Waals surface area contributed by atoms with E-state index in [0.717, 1.165) is 32.6 Å². The van der Waals surface area contributed by atoms with Gasteiger partial charge in [-0.25, -0.2) is 14.4 Å². The minimum Gasteiger partial charge on any atom is -0.460 e. The first-order chi connectivity index (χ1) is 14.0. The van der Waals surface area contributed by atoms with Crippen molar-refractivity contribution >= 4 is 17.8 Å². The van der Waals surface area contributed by atoms with E-state index in [9.17, 15) is 9.18 Å². The van der Waals surface area contributed by atoms with Crippen LogP contribution in [0.5, 0.6) is 0 Å². The van der Waals surface area contributed by atoms with Gasteiger partial charge >= 0.3 is 5.97 Å². The molecule has 1 fully saturated rings. The van der Waals surface area contributed by atoms with Gasteiger partial charge in [-0.05, 0) is 18.8 Å². The fraction of sp³-hybridized carbons (Fsp3) is 0.429. The number of carbonyl (C=O) groups excluding carboxylic acids is 1. The Hall–Kier alpha value is -3.07. The number of hydrogen-bond acceptors (Lipinski definition) is 7. The lowest BCUT2D eigenvalue weighted by Gasteiger charge is -2.22. The summed E-state index contributed by atoms with van der Waals surface area (Å²) >= 11 is 0. The summed E-state index contributed by atoms with van der Waals surface area (Å²) in [5, 5.41) is 10.3. The monoisotopic (exact) mass is 417 g/mol. The van der Waals surface area contributed by atoms with Crippen molar-refractivity contribution in [3.8, 4) is 11.1 Å². The molecule has 8 nitrogen and oxygen atoms in total. The van der Waals surface area contributed by atoms with Crippen LogP contribution in [0.2, 0.25) is 0 Å². The maximum absolute atomic E-state index is 14.8. The summed E-state index contributed by atoms with van der Waals surface area (Å²) in [5.74, 6) is -0.450. The number of aromatic nitrogens is 2. The normalized spacial score (nSPS) is 13.9. The summed E-state index contributed by atoms with van der Waals surface area (Å²) in [4.78, 5) is 20.1. The molecule has 0 atom stereocenters. The van der Waals surface area contributed by atoms with Gasteiger partial charge in [0, 0.05) is 48.8 Å². The number of ether oxygens (including phenoxy) is 2. The van der Waals surface area contributed by atoms with Crippen molar-refractivity contribution in [2.45, 2.75) is 33.3 Å². The van der Waals surface area contributed by atoms with E-state index in [1.807, 2.05) is 0 Å². The Morgan fingerprint density at radius 2 is 2.00 bits per heavy atom. The molecule has 0 radical (unpaired) electrons. The third-order valence-corrected chi connectivity index (χ3v) is 4.65. The first-order valence-electron chi connectivity index (χ1n) is 9.43. The number of anilines is 1. The summed E-state index contributed by atoms with van der Waals surface area (Å²) in [6.45, 7) is 2.10. The van der Waals surface area contributed by atoms with Gasteiger partial charge in [0.15, 0.2) is 0 Å². The molecule has 0 bridgehead atoms. The predicted octanol–water partition coefficient (Wildman–Crippen LogP) is 3.13. The van der Waals surface area contributed by atoms with Crippen molar-refractivity contribution in [2.75, 3.05) is 25.1 Å². The molecule has 1 aliphatic rings. The van der Waals surface area contributed by atoms with E-state index in [1.54, 1.807) is 24.5 Å². The van der Waals surface area contributed by atoms with Gasteiger partial charge < -0.3 is 20.5 Å². The summed E-state index contributed by atoms with van der Waals surface area (Å²) < 4.78 is 25.1. The lowest BCUT2D eigenvalue weighted by molar-refractivity contribution is -0.143. The van der Waals surface area contributed by atoms with E-state index < -0.39 is 11.8 Å². The number of nitrogens with one attached hydrogen (secondary N) is 2. The second-order valence-electron chi connectivity index (χ2n) is 6.87. The number of nitrogens with two attached hydrogens (primary N) is 1. The third kappa shape index (κ3) is 6.48. The number of hydrogen-bond donors (Lipinski definition) is 3. The van der Waals surface area contributed by atoms with Crippen LogP contribution in [0, 0.1) is 17.1 Å². The summed E-state index contributed by atoms with van der Waals surface area (Å²) in [7, 11) is 0. The van der Waals surface area contributed by atoms with Gasteiger partial charge in [-0.2, -0.15) is 0 Å². The Morgan fingerprint density at radius 3 is 2.67 bits per heavy atom. The zero-order chi connectivity index (χ0) is 20.6. The summed E-state index contributed by atoms with van der Waals surface area (Å²) in [6.07, 6.45) is 4.82. The van der Waals surface area contributed by atoms with Gasteiger partial charge in [-0.3, -0.25) is 10.2 Å². The van der Waals surface area contributed by atoms with Crippen LogP contribution in [-0.4, -0.2) is 41.5 Å². The lowest BCUT2D eigenvalue weighted by Crippen LogP contribution is -2.23. The zero-order valence-electron chi connectivity index (χ0n) is 16.0. The maximum atomic E-state index is 14.8. The third-order valence-electron chi connectivity index (χ3n) is 4.65. The van der Waals surface area contributed by atoms with Crippen molar-refractivity contribution < 1.29 is 18.7 Å². The summed E-state index contributed by atoms with van der Waals surface area (Å²) in [5.41, 5.74) is 6.22. The zero-order valence-corrected chi connectivity index (χ0v) is 16.0. The van der Waals surface area contributed by atoms with Crippen molar-refractivity contribution in [1.29, 1.82) is 5.41 Å². The van der Waals surface area contributed by atoms with Crippen LogP contribution in [0.3, 0.4) is 0 Å². The first-order valence-corrected chi connectivity index (χ1v) is 9.43. The molecule has 0 amide bonds. The second-order valence-corrected chi connectivity index (χ2v) is 6.87. The van der Waals surface area contributed by atoms with E-state index in [-0.39, 0.29) is 31.9 Å². The maximum Gasteiger partial charge on any atom is 0.313 e. The number of rotatable bonds is 8. The topological polar surface area (TPSA) is 123 Å². The van der Waals surface area contributed by atoms with E-state index >= 15 is 0 Å². The molecule has 1 aliphatic heterocycles. The van der Waals surface area contributed by atoms with Gasteiger partial charge in [0.25, 0.3) is 0 Å². The Morgan fingerprint density at radius 1 is 1.30 bits per heavy atom. The quantitative estimate of drug-likeness (QED) is 0.342. The van der Waals surface area contributed by atoms with Crippen LogP contribution in [0.1, 0.15) is 32.3 Å². The highest BCUT2D eigenvalue weighted by Gasteiger charge is 2.15. The van der Waals surface area contributed by atoms with Crippen LogP contribution in [0.4, 0.5) is 10.3 Å². The molecule has 2 heterocycles. The predicted molar refractivity (Wildman–Crippen MR) is 113 cm³/mol. The van der Waals surface area contributed by atoms with E-state index in [0.29, 0.717) is 23.0 Å². The molecule has 1 aromatic carbocycles. The first kappa shape index (κ1) is 23.2. The highest BCUT2D eigenvalue weighted by Crippen LogP contribution is 2.25. The molecule has 3 rings (SSSR count). The fourth-order valence-electron chi connectivity index (χ4n) is 3.02. The SMILES string of the molecule is C.N=C(N)CC(=O)OCc1cccc(-c2cnc(NCC3CCOCC3)nc2)c1F. The minimum absolute atomic E-state index is 0. The standard InChI is InChI=1S/C20H24FN5O3.CH4/c21-19-14(12-29-18(27)8-17(22)23)2-1-3-16(19)15-10-25-20(26-11-15)24-9-13-4-6-28-7-5-13;/h1-3,10-11,13H,4-9,12H2,(H3,22,23)(H,24,25,26);1H4. The van der Waals surface area contributed by atoms with Gasteiger partial charge in [-0.15, -0.1) is 0 Å². The fourth-order valence-corrected chi connectivity index (χ4v) is 3.02. The number of halogens is 1. The molecular formula is C21H28FN5O3. The highest BCUT2D eigenvalue weighted by molar-refractivity contribution is 5.94. The average molecular weight is 417 g/mol. The second kappa shape index (κ2) is 11.2. The number of carbonyl (C=O) groups is 1. The molecular weight excluding hydrogens is 389 g/mol. The van der Waals surface area contributed by atoms with Crippen molar-refractivity contribution in [3.63, 3.8) is 0 Å². The number of benzene rings is 1. The largest absolute Gasteiger partial charge is 0.460 e. The molecule has 0 unspecified atom stereocenters. The molecule has 162 valence electrons. The molecule has 2 aromatic rings. The molecule has 1 aromatic heterocycles. The molecule has 0 aliphatic carbocycles. The van der Waals surface area contributed by atoms with Crippen LogP contribution in [0.15, 0.2) is 30.6 Å². The van der Waals surface area contributed by atoms with Gasteiger partial charge in [-0.1, -0.05) is 25.6 Å². The number of amidine groups is 1. The van der Waals surface area contributed by atoms with Crippen LogP contribution >= 0.6 is 0 Å². The van der Waals surface area contributed by atoms with Crippen molar-refractivity contribution in [1.82, 2.24) is 9.97 Å². The Balaban J connectivity index is 0.00000320. The molecule has 30 heavy (non-hydrogen) atoms. The molecule has 9 heteroatoms. The van der Waals surface area contributed by atoms with Gasteiger partial charge in [0.05, 0.1) is 0 Å². The average Bonchev–Trinajstić information content (AvgIpc) is 2.72. The molecule has 0 spiro atoms. The Labute approximate surface area is 175 Å². The van der Waals surface area contributed by atoms with Crippen LogP contribution < -0.4 is 11.1 Å². The molecule has 4 N–H and O–H groups in total. The van der Waals surface area contributed by atoms with Gasteiger partial charge in [0.1, 0.15) is 24.7 Å². The van der Waals surface area contributed by atoms with E-state index in [4.69, 9.17) is 20.6 Å².